The van der Waals surface area contributed by atoms with Crippen LogP contribution >= 0.6 is 0 Å². The van der Waals surface area contributed by atoms with Gasteiger partial charge < -0.3 is 31.1 Å². The van der Waals surface area contributed by atoms with Crippen molar-refractivity contribution in [2.24, 2.45) is 5.11 Å². The Hall–Kier alpha value is -0.536. The lowest BCUT2D eigenvalue weighted by Gasteiger charge is -2.37. The van der Waals surface area contributed by atoms with Gasteiger partial charge in [-0.25, -0.2) is 0 Å². The van der Waals surface area contributed by atoms with E-state index in [0.717, 1.165) is 13.1 Å². The fraction of sp³-hybridized carbons (Fsp3) is 1.00. The number of rotatable bonds is 9. The van der Waals surface area contributed by atoms with Crippen molar-refractivity contribution in [2.75, 3.05) is 61.2 Å². The van der Waals surface area contributed by atoms with E-state index in [0.29, 0.717) is 32.2 Å². The zero-order valence-corrected chi connectivity index (χ0v) is 16.2. The first-order valence-electron chi connectivity index (χ1n) is 7.40. The van der Waals surface area contributed by atoms with Gasteiger partial charge in [0.15, 0.2) is 0 Å². The number of hydrogen-bond donors (Lipinski definition) is 1. The zero-order chi connectivity index (χ0) is 17.2. The zero-order valence-electron chi connectivity index (χ0n) is 14.2. The monoisotopic (exact) mass is 367 g/mol. The van der Waals surface area contributed by atoms with Crippen LogP contribution in [0.3, 0.4) is 0 Å². The van der Waals surface area contributed by atoms with Crippen LogP contribution in [-0.2, 0) is 26.2 Å². The SMILES string of the molecule is CO[Si](OC)(OC)O[Si]1(CCCN=[N+]=N)OCCN(C)CCO1. The van der Waals surface area contributed by atoms with Gasteiger partial charge >= 0.3 is 17.9 Å². The standard InChI is InChI=1S/C11H27N4O6Si2/c1-15-7-9-19-22(20-10-8-15,11-5-6-13-14-12)21-23(16-2,17-3)18-4/h12H,5-11H2,1-4H3/q+1. The van der Waals surface area contributed by atoms with E-state index >= 15 is 0 Å². The maximum Gasteiger partial charge on any atom is 0.671 e. The van der Waals surface area contributed by atoms with Crippen LogP contribution in [0.15, 0.2) is 5.11 Å². The highest BCUT2D eigenvalue weighted by atomic mass is 28.5. The van der Waals surface area contributed by atoms with E-state index in [2.05, 4.69) is 14.9 Å². The Morgan fingerprint density at radius 1 is 1.17 bits per heavy atom. The molecule has 0 aliphatic carbocycles. The molecule has 1 fully saturated rings. The smallest absolute Gasteiger partial charge is 0.373 e. The lowest BCUT2D eigenvalue weighted by atomic mass is 10.5. The second-order valence-electron chi connectivity index (χ2n) is 4.97. The molecule has 0 atom stereocenters. The number of hydrogen-bond acceptors (Lipinski definition) is 9. The number of likely N-dealkylation sites (N-methyl/N-ethyl adjacent to an activating group) is 1. The normalized spacial score (nSPS) is 19.7. The van der Waals surface area contributed by atoms with E-state index in [-0.39, 0.29) is 0 Å². The van der Waals surface area contributed by atoms with Crippen molar-refractivity contribution in [1.82, 2.24) is 9.81 Å². The van der Waals surface area contributed by atoms with Crippen LogP contribution in [0, 0.1) is 5.53 Å². The number of nitrogens with one attached hydrogen (secondary N) is 1. The lowest BCUT2D eigenvalue weighted by molar-refractivity contribution is -0.00716. The molecule has 0 radical (unpaired) electrons. The Bertz CT molecular complexity index is 376. The predicted molar refractivity (Wildman–Crippen MR) is 84.6 cm³/mol. The summed E-state index contributed by atoms with van der Waals surface area (Å²) >= 11 is 0. The molecule has 0 aromatic rings. The van der Waals surface area contributed by atoms with E-state index in [9.17, 15) is 0 Å². The molecular formula is C11H27N4O6Si2+. The van der Waals surface area contributed by atoms with Crippen LogP contribution in [0.4, 0.5) is 0 Å². The maximum atomic E-state index is 6.71. The average molecular weight is 368 g/mol. The fourth-order valence-corrected chi connectivity index (χ4v) is 7.77. The molecule has 0 aromatic carbocycles. The third kappa shape index (κ3) is 6.47. The molecule has 1 rings (SSSR count). The Morgan fingerprint density at radius 3 is 2.22 bits per heavy atom. The highest BCUT2D eigenvalue weighted by Crippen LogP contribution is 2.25. The molecule has 0 spiro atoms. The minimum Gasteiger partial charge on any atom is -0.373 e. The molecule has 0 bridgehead atoms. The molecule has 1 heterocycles. The summed E-state index contributed by atoms with van der Waals surface area (Å²) in [4.78, 5) is 5.13. The van der Waals surface area contributed by atoms with Gasteiger partial charge in [-0.2, -0.15) is 0 Å². The van der Waals surface area contributed by atoms with Crippen LogP contribution in [0.1, 0.15) is 6.42 Å². The van der Waals surface area contributed by atoms with Gasteiger partial charge in [0.25, 0.3) is 0 Å². The van der Waals surface area contributed by atoms with Gasteiger partial charge in [0.1, 0.15) is 17.2 Å². The highest BCUT2D eigenvalue weighted by Gasteiger charge is 2.55. The first kappa shape index (κ1) is 20.5. The minimum absolute atomic E-state index is 0.412. The average Bonchev–Trinajstić information content (AvgIpc) is 2.55. The van der Waals surface area contributed by atoms with Crippen molar-refractivity contribution in [1.29, 1.82) is 5.53 Å². The van der Waals surface area contributed by atoms with Crippen LogP contribution in [-0.4, -0.2) is 84.0 Å². The van der Waals surface area contributed by atoms with Gasteiger partial charge in [0.05, 0.1) is 13.2 Å². The second kappa shape index (κ2) is 10.4. The summed E-state index contributed by atoms with van der Waals surface area (Å²) in [6.07, 6.45) is 0.631. The topological polar surface area (TPSA) is 109 Å². The molecule has 0 aromatic heterocycles. The summed E-state index contributed by atoms with van der Waals surface area (Å²) in [5.74, 6) is 0. The van der Waals surface area contributed by atoms with Crippen molar-refractivity contribution in [2.45, 2.75) is 12.5 Å². The molecule has 12 heteroatoms. The second-order valence-corrected chi connectivity index (χ2v) is 10.5. The first-order valence-corrected chi connectivity index (χ1v) is 11.0. The molecular weight excluding hydrogens is 340 g/mol. The molecule has 1 aliphatic heterocycles. The van der Waals surface area contributed by atoms with Crippen molar-refractivity contribution >= 4 is 17.9 Å². The van der Waals surface area contributed by atoms with Crippen LogP contribution < -0.4 is 4.91 Å². The van der Waals surface area contributed by atoms with Gasteiger partial charge in [0.2, 0.25) is 4.91 Å². The third-order valence-electron chi connectivity index (χ3n) is 3.43. The van der Waals surface area contributed by atoms with Crippen molar-refractivity contribution in [3.63, 3.8) is 0 Å². The summed E-state index contributed by atoms with van der Waals surface area (Å²) in [7, 11) is 0.104. The van der Waals surface area contributed by atoms with Crippen molar-refractivity contribution < 1.29 is 26.2 Å². The largest absolute Gasteiger partial charge is 0.671 e. The van der Waals surface area contributed by atoms with Crippen LogP contribution in [0.25, 0.3) is 0 Å². The first-order chi connectivity index (χ1) is 11.1. The fourth-order valence-electron chi connectivity index (χ4n) is 2.10. The van der Waals surface area contributed by atoms with Gasteiger partial charge in [-0.05, 0) is 13.5 Å². The summed E-state index contributed by atoms with van der Waals surface area (Å²) < 4.78 is 34.2. The quantitative estimate of drug-likeness (QED) is 0.269. The summed E-state index contributed by atoms with van der Waals surface area (Å²) in [6.45, 7) is 2.97. The maximum absolute atomic E-state index is 6.71. The van der Waals surface area contributed by atoms with Gasteiger partial charge in [-0.15, -0.1) is 0 Å². The number of nitrogens with zero attached hydrogens (tertiary/aromatic N) is 3. The molecule has 1 N–H and O–H groups in total. The van der Waals surface area contributed by atoms with Crippen molar-refractivity contribution in [3.8, 4) is 0 Å². The molecule has 1 saturated heterocycles. The minimum atomic E-state index is -3.29. The third-order valence-corrected chi connectivity index (χ3v) is 9.43. The lowest BCUT2D eigenvalue weighted by Crippen LogP contribution is -2.60. The molecule has 0 saturated carbocycles. The van der Waals surface area contributed by atoms with Gasteiger partial charge in [-0.3, -0.25) is 0 Å². The summed E-state index contributed by atoms with van der Waals surface area (Å²) in [5, 5.41) is 3.65. The van der Waals surface area contributed by atoms with E-state index in [4.69, 9.17) is 31.8 Å². The molecule has 1 aliphatic rings. The van der Waals surface area contributed by atoms with E-state index < -0.39 is 17.9 Å². The van der Waals surface area contributed by atoms with Crippen LogP contribution in [0.5, 0.6) is 0 Å². The Labute approximate surface area is 139 Å². The summed E-state index contributed by atoms with van der Waals surface area (Å²) in [5.41, 5.74) is 6.71. The molecule has 0 amide bonds. The van der Waals surface area contributed by atoms with Gasteiger partial charge in [-0.1, -0.05) is 0 Å². The molecule has 0 unspecified atom stereocenters. The van der Waals surface area contributed by atoms with E-state index in [1.807, 2.05) is 7.05 Å². The molecule has 23 heavy (non-hydrogen) atoms. The highest BCUT2D eigenvalue weighted by molar-refractivity contribution is 6.72. The Morgan fingerprint density at radius 2 is 1.74 bits per heavy atom. The van der Waals surface area contributed by atoms with E-state index in [1.165, 1.54) is 21.3 Å². The Balaban J connectivity index is 2.86. The van der Waals surface area contributed by atoms with Crippen LogP contribution in [0.2, 0.25) is 6.04 Å². The molecule has 134 valence electrons. The molecule has 10 nitrogen and oxygen atoms in total. The summed E-state index contributed by atoms with van der Waals surface area (Å²) in [6, 6.07) is 0.528. The van der Waals surface area contributed by atoms with Gasteiger partial charge in [0, 0.05) is 40.5 Å². The van der Waals surface area contributed by atoms with E-state index in [1.54, 1.807) is 0 Å². The predicted octanol–water partition coefficient (Wildman–Crippen LogP) is 0.236. The van der Waals surface area contributed by atoms with Crippen molar-refractivity contribution in [3.05, 3.63) is 0 Å². The Kier molecular flexibility index (Phi) is 9.23.